The number of carbonyl (C=O) groups excluding carboxylic acids is 2. The van der Waals surface area contributed by atoms with E-state index in [1.807, 2.05) is 13.0 Å². The van der Waals surface area contributed by atoms with E-state index in [1.165, 1.54) is 15.3 Å². The number of sulfonamides is 1. The summed E-state index contributed by atoms with van der Waals surface area (Å²) < 4.78 is 35.4. The van der Waals surface area contributed by atoms with Gasteiger partial charge >= 0.3 is 0 Å². The molecule has 3 aromatic rings. The fourth-order valence-corrected chi connectivity index (χ4v) is 6.68. The molecule has 2 heterocycles. The van der Waals surface area contributed by atoms with Crippen LogP contribution in [0.3, 0.4) is 0 Å². The van der Waals surface area contributed by atoms with Crippen molar-refractivity contribution >= 4 is 21.8 Å². The average molecular weight is 595 g/mol. The molecule has 224 valence electrons. The van der Waals surface area contributed by atoms with Gasteiger partial charge in [0.05, 0.1) is 19.6 Å². The van der Waals surface area contributed by atoms with Crippen molar-refractivity contribution < 1.29 is 27.9 Å². The predicted molar refractivity (Wildman–Crippen MR) is 159 cm³/mol. The largest absolute Gasteiger partial charge is 0.487 e. The molecule has 1 aliphatic rings. The van der Waals surface area contributed by atoms with Gasteiger partial charge in [0.2, 0.25) is 15.9 Å². The van der Waals surface area contributed by atoms with E-state index in [-0.39, 0.29) is 54.5 Å². The molecule has 42 heavy (non-hydrogen) atoms. The molecule has 4 rings (SSSR count). The number of carbonyl (C=O) groups is 2. The summed E-state index contributed by atoms with van der Waals surface area (Å²) >= 11 is 0. The molecule has 0 unspecified atom stereocenters. The van der Waals surface area contributed by atoms with Crippen molar-refractivity contribution in [3.8, 4) is 16.9 Å². The van der Waals surface area contributed by atoms with E-state index in [0.717, 1.165) is 5.56 Å². The zero-order valence-corrected chi connectivity index (χ0v) is 25.4. The first kappa shape index (κ1) is 31.1. The molecule has 0 aliphatic carbocycles. The smallest absolute Gasteiger partial charge is 0.253 e. The lowest BCUT2D eigenvalue weighted by atomic mass is 10.0. The molecular weight excluding hydrogens is 556 g/mol. The summed E-state index contributed by atoms with van der Waals surface area (Å²) in [4.78, 5) is 32.7. The molecule has 1 N–H and O–H groups in total. The standard InChI is InChI=1S/C31H38N4O6S/c1-21-18-35(22(2)20-36)42(39,40)29-14-13-25(23-9-11-24(12-10-23)31(38)33(3)4)16-27(29)41-28(21)19-34(5)30(37)17-26-8-6-7-15-32-26/h6-16,21-22,28,36H,17-20H2,1-5H3/t21-,22-,28+/m1/s1. The number of benzene rings is 2. The summed E-state index contributed by atoms with van der Waals surface area (Å²) in [6.07, 6.45) is 1.23. The minimum absolute atomic E-state index is 0.00896. The molecule has 1 aliphatic heterocycles. The van der Waals surface area contributed by atoms with Crippen molar-refractivity contribution in [1.82, 2.24) is 19.1 Å². The Balaban J connectivity index is 1.69. The first-order chi connectivity index (χ1) is 19.9. The van der Waals surface area contributed by atoms with Gasteiger partial charge in [-0.1, -0.05) is 31.2 Å². The van der Waals surface area contributed by atoms with E-state index < -0.39 is 22.2 Å². The van der Waals surface area contributed by atoms with Crippen LogP contribution in [-0.2, 0) is 21.2 Å². The Labute approximate surface area is 247 Å². The highest BCUT2D eigenvalue weighted by atomic mass is 32.2. The van der Waals surface area contributed by atoms with Crippen molar-refractivity contribution in [3.05, 3.63) is 78.1 Å². The number of nitrogens with zero attached hydrogens (tertiary/aromatic N) is 4. The number of amides is 2. The first-order valence-electron chi connectivity index (χ1n) is 13.8. The second-order valence-corrected chi connectivity index (χ2v) is 12.8. The summed E-state index contributed by atoms with van der Waals surface area (Å²) in [6, 6.07) is 16.7. The second-order valence-electron chi connectivity index (χ2n) is 11.0. The van der Waals surface area contributed by atoms with Crippen molar-refractivity contribution in [1.29, 1.82) is 0 Å². The van der Waals surface area contributed by atoms with Gasteiger partial charge in [-0.05, 0) is 54.4 Å². The molecule has 0 bridgehead atoms. The van der Waals surface area contributed by atoms with Crippen LogP contribution in [0, 0.1) is 5.92 Å². The molecule has 2 aromatic carbocycles. The van der Waals surface area contributed by atoms with Crippen molar-refractivity contribution in [3.63, 3.8) is 0 Å². The number of aliphatic hydroxyl groups is 1. The van der Waals surface area contributed by atoms with Crippen LogP contribution >= 0.6 is 0 Å². The normalized spacial score (nSPS) is 19.0. The molecule has 0 spiro atoms. The Kier molecular flexibility index (Phi) is 9.65. The maximum Gasteiger partial charge on any atom is 0.253 e. The summed E-state index contributed by atoms with van der Waals surface area (Å²) in [5, 5.41) is 9.91. The average Bonchev–Trinajstić information content (AvgIpc) is 2.98. The number of aromatic nitrogens is 1. The summed E-state index contributed by atoms with van der Waals surface area (Å²) in [6.45, 7) is 3.53. The lowest BCUT2D eigenvalue weighted by Crippen LogP contribution is -2.50. The molecule has 11 heteroatoms. The molecule has 0 saturated heterocycles. The minimum Gasteiger partial charge on any atom is -0.487 e. The molecule has 10 nitrogen and oxygen atoms in total. The highest BCUT2D eigenvalue weighted by Crippen LogP contribution is 2.36. The number of likely N-dealkylation sites (N-methyl/N-ethyl adjacent to an activating group) is 1. The molecule has 0 fully saturated rings. The van der Waals surface area contributed by atoms with E-state index in [4.69, 9.17) is 4.74 Å². The number of ether oxygens (including phenoxy) is 1. The molecule has 3 atom stereocenters. The minimum atomic E-state index is -4.01. The SMILES string of the molecule is C[C@@H]1CN([C@H](C)CO)S(=O)(=O)c2ccc(-c3ccc(C(=O)N(C)C)cc3)cc2O[C@H]1CN(C)C(=O)Cc1ccccn1. The van der Waals surface area contributed by atoms with Gasteiger partial charge in [0, 0.05) is 57.1 Å². The van der Waals surface area contributed by atoms with Gasteiger partial charge in [-0.3, -0.25) is 14.6 Å². The maximum absolute atomic E-state index is 13.8. The van der Waals surface area contributed by atoms with E-state index in [2.05, 4.69) is 4.98 Å². The van der Waals surface area contributed by atoms with Crippen LogP contribution in [0.1, 0.15) is 29.9 Å². The Morgan fingerprint density at radius 1 is 1.07 bits per heavy atom. The molecule has 1 aromatic heterocycles. The molecule has 0 radical (unpaired) electrons. The Morgan fingerprint density at radius 2 is 1.76 bits per heavy atom. The van der Waals surface area contributed by atoms with Crippen LogP contribution in [0.5, 0.6) is 5.75 Å². The van der Waals surface area contributed by atoms with Gasteiger partial charge in [0.15, 0.2) is 0 Å². The summed E-state index contributed by atoms with van der Waals surface area (Å²) in [5.41, 5.74) is 2.68. The third-order valence-corrected chi connectivity index (χ3v) is 9.50. The van der Waals surface area contributed by atoms with Crippen LogP contribution in [0.25, 0.3) is 11.1 Å². The van der Waals surface area contributed by atoms with Crippen molar-refractivity contribution in [2.75, 3.05) is 40.8 Å². The van der Waals surface area contributed by atoms with Gasteiger partial charge in [-0.25, -0.2) is 8.42 Å². The highest BCUT2D eigenvalue weighted by Gasteiger charge is 2.38. The quantitative estimate of drug-likeness (QED) is 0.426. The molecule has 2 amide bonds. The first-order valence-corrected chi connectivity index (χ1v) is 15.3. The zero-order valence-electron chi connectivity index (χ0n) is 24.6. The Bertz CT molecular complexity index is 1510. The molecule has 0 saturated carbocycles. The highest BCUT2D eigenvalue weighted by molar-refractivity contribution is 7.89. The summed E-state index contributed by atoms with van der Waals surface area (Å²) in [7, 11) is 1.05. The van der Waals surface area contributed by atoms with Gasteiger partial charge in [-0.2, -0.15) is 4.31 Å². The number of hydrogen-bond donors (Lipinski definition) is 1. The fourth-order valence-electron chi connectivity index (χ4n) is 4.85. The van der Waals surface area contributed by atoms with Gasteiger partial charge in [0.1, 0.15) is 16.7 Å². The predicted octanol–water partition coefficient (Wildman–Crippen LogP) is 2.92. The third-order valence-electron chi connectivity index (χ3n) is 7.48. The fraction of sp³-hybridized carbons (Fsp3) is 0.387. The van der Waals surface area contributed by atoms with Gasteiger partial charge < -0.3 is 19.6 Å². The third kappa shape index (κ3) is 6.80. The van der Waals surface area contributed by atoms with Crippen LogP contribution < -0.4 is 4.74 Å². The zero-order chi connectivity index (χ0) is 30.6. The topological polar surface area (TPSA) is 120 Å². The van der Waals surface area contributed by atoms with E-state index in [9.17, 15) is 23.1 Å². The second kappa shape index (κ2) is 13.0. The maximum atomic E-state index is 13.8. The van der Waals surface area contributed by atoms with Gasteiger partial charge in [-0.15, -0.1) is 0 Å². The Morgan fingerprint density at radius 3 is 2.38 bits per heavy atom. The van der Waals surface area contributed by atoms with Crippen LogP contribution in [0.4, 0.5) is 0 Å². The number of aliphatic hydroxyl groups excluding tert-OH is 1. The number of hydrogen-bond acceptors (Lipinski definition) is 7. The van der Waals surface area contributed by atoms with Gasteiger partial charge in [0.25, 0.3) is 5.91 Å². The lowest BCUT2D eigenvalue weighted by Gasteiger charge is -2.37. The monoisotopic (exact) mass is 594 g/mol. The molecular formula is C31H38N4O6S. The van der Waals surface area contributed by atoms with E-state index in [0.29, 0.717) is 16.8 Å². The van der Waals surface area contributed by atoms with Crippen LogP contribution in [-0.4, -0.2) is 97.4 Å². The van der Waals surface area contributed by atoms with Crippen LogP contribution in [0.15, 0.2) is 71.8 Å². The number of fused-ring (bicyclic) bond motifs is 1. The number of pyridine rings is 1. The van der Waals surface area contributed by atoms with Crippen LogP contribution in [0.2, 0.25) is 0 Å². The van der Waals surface area contributed by atoms with E-state index >= 15 is 0 Å². The number of rotatable bonds is 8. The lowest BCUT2D eigenvalue weighted by molar-refractivity contribution is -0.130. The Hall–Kier alpha value is -3.80. The van der Waals surface area contributed by atoms with E-state index in [1.54, 1.807) is 87.7 Å². The van der Waals surface area contributed by atoms with Crippen molar-refractivity contribution in [2.45, 2.75) is 37.3 Å². The summed E-state index contributed by atoms with van der Waals surface area (Å²) in [5.74, 6) is -0.405. The van der Waals surface area contributed by atoms with Crippen molar-refractivity contribution in [2.24, 2.45) is 5.92 Å².